The van der Waals surface area contributed by atoms with E-state index in [1.807, 2.05) is 0 Å². The Balaban J connectivity index is 1.86. The van der Waals surface area contributed by atoms with Gasteiger partial charge in [-0.05, 0) is 79.3 Å². The molecule has 2 heteroatoms. The van der Waals surface area contributed by atoms with Crippen LogP contribution in [0, 0.1) is 20.8 Å². The first-order chi connectivity index (χ1) is 15.6. The van der Waals surface area contributed by atoms with Crippen molar-refractivity contribution in [1.82, 2.24) is 4.40 Å². The molecule has 0 saturated heterocycles. The van der Waals surface area contributed by atoms with Gasteiger partial charge in [-0.15, -0.1) is 0 Å². The second kappa shape index (κ2) is 6.22. The van der Waals surface area contributed by atoms with Crippen LogP contribution in [0.25, 0.3) is 49.0 Å². The maximum Gasteiger partial charge on any atom is 0.224 e. The Bertz CT molecular complexity index is 1710. The number of nitrogens with zero attached hydrogens (tertiary/aromatic N) is 2. The molecule has 0 unspecified atom stereocenters. The van der Waals surface area contributed by atoms with E-state index in [0.29, 0.717) is 5.92 Å². The minimum absolute atomic E-state index is 0.702. The molecule has 0 bridgehead atoms. The average molecular weight is 418 g/mol. The van der Waals surface area contributed by atoms with Crippen LogP contribution in [-0.4, -0.2) is 4.40 Å². The highest BCUT2D eigenvalue weighted by molar-refractivity contribution is 6.26. The van der Waals surface area contributed by atoms with Crippen LogP contribution in [0.4, 0.5) is 0 Å². The average Bonchev–Trinajstić information content (AvgIpc) is 3.45. The van der Waals surface area contributed by atoms with E-state index in [1.165, 1.54) is 96.9 Å². The van der Waals surface area contributed by atoms with E-state index in [9.17, 15) is 0 Å². The first-order valence-electron chi connectivity index (χ1n) is 12.1. The van der Waals surface area contributed by atoms with E-state index >= 15 is 0 Å². The Morgan fingerprint density at radius 3 is 2.38 bits per heavy atom. The summed E-state index contributed by atoms with van der Waals surface area (Å²) in [5, 5.41) is 6.99. The molecule has 32 heavy (non-hydrogen) atoms. The normalized spacial score (nSPS) is 15.5. The number of pyridine rings is 2. The van der Waals surface area contributed by atoms with Gasteiger partial charge in [-0.25, -0.2) is 4.57 Å². The molecule has 3 aromatic heterocycles. The van der Waals surface area contributed by atoms with E-state index in [1.54, 1.807) is 0 Å². The lowest BCUT2D eigenvalue weighted by Crippen LogP contribution is -2.29. The summed E-state index contributed by atoms with van der Waals surface area (Å²) < 4.78 is 4.94. The van der Waals surface area contributed by atoms with Crippen LogP contribution in [0.2, 0.25) is 0 Å². The van der Waals surface area contributed by atoms with Gasteiger partial charge in [-0.1, -0.05) is 37.1 Å². The van der Waals surface area contributed by atoms with Crippen LogP contribution < -0.4 is 4.57 Å². The third-order valence-corrected chi connectivity index (χ3v) is 8.53. The van der Waals surface area contributed by atoms with Crippen molar-refractivity contribution in [2.75, 3.05) is 0 Å². The number of hydrogen-bond acceptors (Lipinski definition) is 0. The van der Waals surface area contributed by atoms with Crippen molar-refractivity contribution in [3.8, 4) is 0 Å². The topological polar surface area (TPSA) is 8.29 Å². The fraction of sp³-hybridized carbons (Fsp3) is 0.300. The number of hydrogen-bond donors (Lipinski definition) is 0. The van der Waals surface area contributed by atoms with Crippen LogP contribution in [0.5, 0.6) is 0 Å². The van der Waals surface area contributed by atoms with Gasteiger partial charge < -0.3 is 4.40 Å². The van der Waals surface area contributed by atoms with E-state index in [4.69, 9.17) is 0 Å². The molecule has 0 aliphatic heterocycles. The van der Waals surface area contributed by atoms with Crippen molar-refractivity contribution in [3.05, 3.63) is 70.9 Å². The SMILES string of the molecule is Cc1c(C)c2c3ccccc3n3c4cc(C5CCCC5)cc5cc[n+](C)c(c(c1C)c23)c54. The lowest BCUT2D eigenvalue weighted by molar-refractivity contribution is -0.643. The molecule has 3 aromatic carbocycles. The second-order valence-electron chi connectivity index (χ2n) is 10.1. The molecule has 0 atom stereocenters. The quantitative estimate of drug-likeness (QED) is 0.150. The van der Waals surface area contributed by atoms with Gasteiger partial charge in [-0.2, -0.15) is 0 Å². The van der Waals surface area contributed by atoms with Gasteiger partial charge in [0.1, 0.15) is 7.05 Å². The summed E-state index contributed by atoms with van der Waals surface area (Å²) in [4.78, 5) is 0. The van der Waals surface area contributed by atoms with Crippen LogP contribution in [0.1, 0.15) is 53.9 Å². The summed E-state index contributed by atoms with van der Waals surface area (Å²) in [6.07, 6.45) is 7.65. The summed E-state index contributed by atoms with van der Waals surface area (Å²) in [5.74, 6) is 0.702. The van der Waals surface area contributed by atoms with E-state index in [0.717, 1.165) is 0 Å². The minimum Gasteiger partial charge on any atom is -0.307 e. The van der Waals surface area contributed by atoms with E-state index in [2.05, 4.69) is 85.4 Å². The maximum atomic E-state index is 2.59. The van der Waals surface area contributed by atoms with Crippen LogP contribution in [0.15, 0.2) is 48.7 Å². The Morgan fingerprint density at radius 1 is 0.812 bits per heavy atom. The molecular weight excluding hydrogens is 388 g/mol. The number of para-hydroxylation sites is 1. The molecule has 158 valence electrons. The molecule has 0 radical (unpaired) electrons. The number of benzene rings is 3. The zero-order valence-electron chi connectivity index (χ0n) is 19.4. The predicted octanol–water partition coefficient (Wildman–Crippen LogP) is 7.40. The molecule has 1 fully saturated rings. The van der Waals surface area contributed by atoms with Crippen LogP contribution in [-0.2, 0) is 7.05 Å². The van der Waals surface area contributed by atoms with Gasteiger partial charge in [0, 0.05) is 16.8 Å². The predicted molar refractivity (Wildman–Crippen MR) is 135 cm³/mol. The third kappa shape index (κ3) is 2.13. The molecule has 0 amide bonds. The third-order valence-electron chi connectivity index (χ3n) is 8.53. The molecule has 2 nitrogen and oxygen atoms in total. The summed E-state index contributed by atoms with van der Waals surface area (Å²) in [6, 6.07) is 16.3. The van der Waals surface area contributed by atoms with E-state index in [-0.39, 0.29) is 0 Å². The van der Waals surface area contributed by atoms with Gasteiger partial charge in [0.15, 0.2) is 6.20 Å². The second-order valence-corrected chi connectivity index (χ2v) is 10.1. The lowest BCUT2D eigenvalue weighted by atomic mass is 9.90. The van der Waals surface area contributed by atoms with Crippen LogP contribution in [0.3, 0.4) is 0 Å². The molecule has 1 aliphatic rings. The number of aryl methyl sites for hydroxylation is 3. The smallest absolute Gasteiger partial charge is 0.224 e. The molecule has 7 rings (SSSR count). The first kappa shape index (κ1) is 18.4. The Labute approximate surface area is 188 Å². The fourth-order valence-corrected chi connectivity index (χ4v) is 6.71. The number of fused-ring (bicyclic) bond motifs is 5. The van der Waals surface area contributed by atoms with Crippen LogP contribution >= 0.6 is 0 Å². The fourth-order valence-electron chi connectivity index (χ4n) is 6.71. The van der Waals surface area contributed by atoms with Gasteiger partial charge in [0.2, 0.25) is 5.52 Å². The largest absolute Gasteiger partial charge is 0.307 e. The molecule has 3 heterocycles. The van der Waals surface area contributed by atoms with Crippen molar-refractivity contribution in [1.29, 1.82) is 0 Å². The molecule has 0 spiro atoms. The van der Waals surface area contributed by atoms with Crippen molar-refractivity contribution < 1.29 is 4.57 Å². The molecule has 1 saturated carbocycles. The van der Waals surface area contributed by atoms with E-state index < -0.39 is 0 Å². The zero-order chi connectivity index (χ0) is 21.7. The van der Waals surface area contributed by atoms with Crippen molar-refractivity contribution in [2.24, 2.45) is 7.05 Å². The standard InChI is InChI=1S/C30H29N2/c1-17-18(2)26-23-11-7-8-12-24(23)32-25-16-22(20-9-5-6-10-20)15-21-13-14-31(4)29(28(21)25)27(19(17)3)30(26)32/h7-8,11-16,20H,5-6,9-10H2,1-4H3/q+1. The summed E-state index contributed by atoms with van der Waals surface area (Å²) in [7, 11) is 2.21. The van der Waals surface area contributed by atoms with Crippen molar-refractivity contribution in [3.63, 3.8) is 0 Å². The highest BCUT2D eigenvalue weighted by Crippen LogP contribution is 2.45. The zero-order valence-corrected chi connectivity index (χ0v) is 19.4. The lowest BCUT2D eigenvalue weighted by Gasteiger charge is -2.18. The molecule has 1 aliphatic carbocycles. The minimum atomic E-state index is 0.702. The summed E-state index contributed by atoms with van der Waals surface area (Å²) >= 11 is 0. The summed E-state index contributed by atoms with van der Waals surface area (Å²) in [6.45, 7) is 6.92. The summed E-state index contributed by atoms with van der Waals surface area (Å²) in [5.41, 5.74) is 11.2. The van der Waals surface area contributed by atoms with Crippen molar-refractivity contribution in [2.45, 2.75) is 52.4 Å². The number of aromatic nitrogens is 2. The Morgan fingerprint density at radius 2 is 1.56 bits per heavy atom. The highest BCUT2D eigenvalue weighted by atomic mass is 15.0. The van der Waals surface area contributed by atoms with Gasteiger partial charge in [-0.3, -0.25) is 0 Å². The monoisotopic (exact) mass is 417 g/mol. The molecule has 0 N–H and O–H groups in total. The Kier molecular flexibility index (Phi) is 3.59. The number of rotatable bonds is 1. The van der Waals surface area contributed by atoms with Crippen molar-refractivity contribution >= 4 is 49.0 Å². The van der Waals surface area contributed by atoms with Gasteiger partial charge >= 0.3 is 0 Å². The molecular formula is C30H29N2+. The van der Waals surface area contributed by atoms with Gasteiger partial charge in [0.05, 0.1) is 27.3 Å². The highest BCUT2D eigenvalue weighted by Gasteiger charge is 2.27. The maximum absolute atomic E-state index is 2.59. The first-order valence-corrected chi connectivity index (χ1v) is 12.1. The molecule has 6 aromatic rings. The van der Waals surface area contributed by atoms with Gasteiger partial charge in [0.25, 0.3) is 0 Å². The Hall–Kier alpha value is -3.13.